The molecular formula is C75H58N4. The predicted octanol–water partition coefficient (Wildman–Crippen LogP) is 20.3. The van der Waals surface area contributed by atoms with Crippen molar-refractivity contribution in [1.29, 1.82) is 5.26 Å². The molecule has 3 aliphatic carbocycles. The number of nitrogens with zero attached hydrogens (tertiary/aromatic N) is 4. The SMILES string of the molecule is [C-]#[N+]c1ccc(N(c2ccccc2)c2ccc3c(c2)C(C)(C)c2cc(/C=C/c4ccc5c(c4)C(C)(C)c4cc(/C=C/c6ccc7c(c6)C(C)(C)c6cc(N(c8ccccc8)c8ccc(C#N)cc8)ccc6-7)ccc4-5)ccc2-3)cc1. The van der Waals surface area contributed by atoms with E-state index in [1.54, 1.807) is 0 Å². The molecule has 10 aromatic carbocycles. The molecule has 0 atom stereocenters. The molecule has 0 unspecified atom stereocenters. The van der Waals surface area contributed by atoms with Gasteiger partial charge in [-0.1, -0.05) is 199 Å². The Bertz CT molecular complexity index is 3950. The second-order valence-electron chi connectivity index (χ2n) is 22.9. The molecule has 0 spiro atoms. The smallest absolute Gasteiger partial charge is 0.187 e. The van der Waals surface area contributed by atoms with Crippen LogP contribution in [0.2, 0.25) is 0 Å². The molecule has 4 heteroatoms. The second kappa shape index (κ2) is 18.8. The fraction of sp³-hybridized carbons (Fsp3) is 0.120. The number of nitriles is 1. The lowest BCUT2D eigenvalue weighted by molar-refractivity contribution is 0.660. The van der Waals surface area contributed by atoms with E-state index in [-0.39, 0.29) is 16.2 Å². The molecule has 10 aromatic rings. The van der Waals surface area contributed by atoms with Gasteiger partial charge in [0.1, 0.15) is 0 Å². The molecule has 0 N–H and O–H groups in total. The van der Waals surface area contributed by atoms with Gasteiger partial charge in [0.05, 0.1) is 18.2 Å². The first-order valence-electron chi connectivity index (χ1n) is 27.2. The molecule has 378 valence electrons. The summed E-state index contributed by atoms with van der Waals surface area (Å²) in [5.74, 6) is 0. The molecule has 0 radical (unpaired) electrons. The number of fused-ring (bicyclic) bond motifs is 9. The normalized spacial score (nSPS) is 14.4. The molecule has 0 fully saturated rings. The summed E-state index contributed by atoms with van der Waals surface area (Å²) in [4.78, 5) is 8.19. The summed E-state index contributed by atoms with van der Waals surface area (Å²) in [5, 5.41) is 9.51. The van der Waals surface area contributed by atoms with Crippen molar-refractivity contribution in [2.75, 3.05) is 9.80 Å². The summed E-state index contributed by atoms with van der Waals surface area (Å²) in [6, 6.07) is 80.4. The molecule has 13 rings (SSSR count). The zero-order chi connectivity index (χ0) is 54.2. The maximum atomic E-state index is 9.51. The number of para-hydroxylation sites is 2. The molecule has 0 aromatic heterocycles. The van der Waals surface area contributed by atoms with Gasteiger partial charge in [0.15, 0.2) is 5.69 Å². The van der Waals surface area contributed by atoms with Crippen molar-refractivity contribution in [2.24, 2.45) is 0 Å². The lowest BCUT2D eigenvalue weighted by Crippen LogP contribution is -2.16. The number of anilines is 6. The molecule has 0 saturated heterocycles. The summed E-state index contributed by atoms with van der Waals surface area (Å²) >= 11 is 0. The van der Waals surface area contributed by atoms with Crippen molar-refractivity contribution in [2.45, 2.75) is 57.8 Å². The highest BCUT2D eigenvalue weighted by atomic mass is 15.1. The molecule has 0 aliphatic heterocycles. The minimum Gasteiger partial charge on any atom is -0.311 e. The monoisotopic (exact) mass is 1010 g/mol. The van der Waals surface area contributed by atoms with Crippen molar-refractivity contribution >= 4 is 64.1 Å². The Balaban J connectivity index is 0.728. The molecule has 4 nitrogen and oxygen atoms in total. The van der Waals surface area contributed by atoms with Gasteiger partial charge in [-0.3, -0.25) is 0 Å². The first-order chi connectivity index (χ1) is 38.3. The van der Waals surface area contributed by atoms with Gasteiger partial charge in [-0.15, -0.1) is 0 Å². The van der Waals surface area contributed by atoms with E-state index in [0.717, 1.165) is 34.1 Å². The highest BCUT2D eigenvalue weighted by Gasteiger charge is 2.39. The zero-order valence-corrected chi connectivity index (χ0v) is 45.4. The van der Waals surface area contributed by atoms with E-state index < -0.39 is 0 Å². The van der Waals surface area contributed by atoms with Crippen molar-refractivity contribution in [3.63, 3.8) is 0 Å². The molecule has 0 heterocycles. The van der Waals surface area contributed by atoms with E-state index in [1.807, 2.05) is 60.7 Å². The standard InChI is InChI=1S/C75H58N4/c1-73(2)67-42-49(18-20-51-26-38-63-65-40-34-59(46-71(65)74(3,4)69(63)44-51)78(55-14-10-8-11-15-55)57-30-22-53(48-76)23-31-57)24-36-61(67)62-37-25-50(43-68(62)73)19-21-52-27-39-64-66-41-35-60(47-72(66)75(5,6)70(64)45-52)79(56-16-12-9-13-17-56)58-32-28-54(77-7)29-33-58/h8-47H,1-6H3/b20-18+,21-19+. The number of hydrogen-bond acceptors (Lipinski definition) is 3. The van der Waals surface area contributed by atoms with Gasteiger partial charge in [-0.25, -0.2) is 4.85 Å². The lowest BCUT2D eigenvalue weighted by atomic mass is 9.81. The largest absolute Gasteiger partial charge is 0.311 e. The average Bonchev–Trinajstić information content (AvgIpc) is 4.15. The van der Waals surface area contributed by atoms with Gasteiger partial charge in [-0.05, 0) is 174 Å². The fourth-order valence-electron chi connectivity index (χ4n) is 12.7. The van der Waals surface area contributed by atoms with Crippen LogP contribution in [0.3, 0.4) is 0 Å². The van der Waals surface area contributed by atoms with Crippen LogP contribution >= 0.6 is 0 Å². The predicted molar refractivity (Wildman–Crippen MR) is 330 cm³/mol. The Hall–Kier alpha value is -9.74. The number of hydrogen-bond donors (Lipinski definition) is 0. The van der Waals surface area contributed by atoms with Crippen LogP contribution in [-0.4, -0.2) is 0 Å². The van der Waals surface area contributed by atoms with E-state index >= 15 is 0 Å². The Morgan fingerprint density at radius 3 is 0.937 bits per heavy atom. The van der Waals surface area contributed by atoms with Crippen LogP contribution < -0.4 is 9.80 Å². The van der Waals surface area contributed by atoms with Crippen LogP contribution in [0.25, 0.3) is 62.5 Å². The van der Waals surface area contributed by atoms with Crippen molar-refractivity contribution in [3.05, 3.63) is 291 Å². The van der Waals surface area contributed by atoms with Gasteiger partial charge < -0.3 is 9.80 Å². The molecule has 0 bridgehead atoms. The Morgan fingerprint density at radius 2 is 0.620 bits per heavy atom. The van der Waals surface area contributed by atoms with Crippen molar-refractivity contribution in [1.82, 2.24) is 0 Å². The summed E-state index contributed by atoms with van der Waals surface area (Å²) in [6.45, 7) is 21.6. The van der Waals surface area contributed by atoms with E-state index in [9.17, 15) is 5.26 Å². The van der Waals surface area contributed by atoms with Gasteiger partial charge in [-0.2, -0.15) is 5.26 Å². The summed E-state index contributed by atoms with van der Waals surface area (Å²) in [6.07, 6.45) is 9.07. The second-order valence-corrected chi connectivity index (χ2v) is 22.9. The lowest BCUT2D eigenvalue weighted by Gasteiger charge is -2.28. The zero-order valence-electron chi connectivity index (χ0n) is 45.4. The van der Waals surface area contributed by atoms with E-state index in [2.05, 4.69) is 244 Å². The van der Waals surface area contributed by atoms with Gasteiger partial charge in [0.2, 0.25) is 0 Å². The van der Waals surface area contributed by atoms with E-state index in [1.165, 1.54) is 89.0 Å². The van der Waals surface area contributed by atoms with Crippen molar-refractivity contribution in [3.8, 4) is 39.4 Å². The van der Waals surface area contributed by atoms with Crippen LogP contribution in [0.4, 0.5) is 39.8 Å². The highest BCUT2D eigenvalue weighted by Crippen LogP contribution is 2.54. The Morgan fingerprint density at radius 1 is 0.342 bits per heavy atom. The Kier molecular flexibility index (Phi) is 11.6. The maximum absolute atomic E-state index is 9.51. The highest BCUT2D eigenvalue weighted by molar-refractivity contribution is 5.90. The first-order valence-corrected chi connectivity index (χ1v) is 27.2. The van der Waals surface area contributed by atoms with E-state index in [0.29, 0.717) is 11.3 Å². The third-order valence-corrected chi connectivity index (χ3v) is 17.1. The van der Waals surface area contributed by atoms with E-state index in [4.69, 9.17) is 6.57 Å². The van der Waals surface area contributed by atoms with Crippen molar-refractivity contribution < 1.29 is 0 Å². The molecule has 0 amide bonds. The fourth-order valence-corrected chi connectivity index (χ4v) is 12.7. The summed E-state index contributed by atoms with van der Waals surface area (Å²) < 4.78 is 0. The van der Waals surface area contributed by atoms with Crippen LogP contribution in [0.15, 0.2) is 218 Å². The summed E-state index contributed by atoms with van der Waals surface area (Å²) in [7, 11) is 0. The third kappa shape index (κ3) is 8.28. The average molecular weight is 1020 g/mol. The van der Waals surface area contributed by atoms with Gasteiger partial charge in [0.25, 0.3) is 0 Å². The van der Waals surface area contributed by atoms with Crippen LogP contribution in [-0.2, 0) is 16.2 Å². The van der Waals surface area contributed by atoms with Crippen LogP contribution in [0, 0.1) is 17.9 Å². The van der Waals surface area contributed by atoms with Gasteiger partial charge in [0, 0.05) is 50.4 Å². The first kappa shape index (κ1) is 48.9. The topological polar surface area (TPSA) is 34.6 Å². The minimum atomic E-state index is -0.215. The maximum Gasteiger partial charge on any atom is 0.187 e. The Labute approximate surface area is 465 Å². The van der Waals surface area contributed by atoms with Crippen LogP contribution in [0.1, 0.15) is 103 Å². The molecule has 79 heavy (non-hydrogen) atoms. The molecular weight excluding hydrogens is 957 g/mol. The van der Waals surface area contributed by atoms with Crippen LogP contribution in [0.5, 0.6) is 0 Å². The quantitative estimate of drug-likeness (QED) is 0.101. The molecule has 3 aliphatic rings. The summed E-state index contributed by atoms with van der Waals surface area (Å²) in [5.41, 5.74) is 27.5. The number of benzene rings is 10. The minimum absolute atomic E-state index is 0.170. The molecule has 0 saturated carbocycles. The number of rotatable bonds is 10. The van der Waals surface area contributed by atoms with Gasteiger partial charge >= 0.3 is 0 Å². The third-order valence-electron chi connectivity index (χ3n) is 17.1.